The van der Waals surface area contributed by atoms with Crippen LogP contribution >= 0.6 is 0 Å². The minimum Gasteiger partial charge on any atom is -0.435 e. The number of alkyl halides is 2. The molecule has 1 amide bonds. The Hall–Kier alpha value is -3.36. The number of rotatable bonds is 5. The average molecular weight is 416 g/mol. The van der Waals surface area contributed by atoms with E-state index in [1.165, 1.54) is 42.5 Å². The van der Waals surface area contributed by atoms with Crippen molar-refractivity contribution in [2.75, 3.05) is 5.32 Å². The van der Waals surface area contributed by atoms with Gasteiger partial charge in [-0.15, -0.1) is 10.2 Å². The van der Waals surface area contributed by atoms with Crippen molar-refractivity contribution in [2.24, 2.45) is 0 Å². The molecule has 0 aliphatic carbocycles. The van der Waals surface area contributed by atoms with Crippen LogP contribution in [-0.2, 0) is 13.0 Å². The van der Waals surface area contributed by atoms with E-state index in [0.717, 1.165) is 31.5 Å². The Morgan fingerprint density at radius 1 is 1.10 bits per heavy atom. The van der Waals surface area contributed by atoms with Gasteiger partial charge in [0, 0.05) is 24.2 Å². The third kappa shape index (κ3) is 4.29. The highest BCUT2D eigenvalue weighted by Gasteiger charge is 2.19. The van der Waals surface area contributed by atoms with Crippen LogP contribution in [0.5, 0.6) is 5.75 Å². The first-order valence-corrected chi connectivity index (χ1v) is 9.59. The molecule has 4 rings (SSSR count). The van der Waals surface area contributed by atoms with Crippen molar-refractivity contribution >= 4 is 11.6 Å². The minimum atomic E-state index is -2.98. The van der Waals surface area contributed by atoms with Gasteiger partial charge in [-0.3, -0.25) is 4.79 Å². The van der Waals surface area contributed by atoms with Crippen molar-refractivity contribution < 1.29 is 22.7 Å². The van der Waals surface area contributed by atoms with E-state index in [1.807, 2.05) is 4.57 Å². The Kier molecular flexibility index (Phi) is 5.69. The molecule has 0 spiro atoms. The second-order valence-corrected chi connectivity index (χ2v) is 6.96. The second kappa shape index (κ2) is 8.56. The standard InChI is InChI=1S/C21H19F3N4O2/c22-17-9-8-14(25-20(29)13-5-4-6-15(11-13)30-21(23)24)12-16(17)19-27-26-18-7-2-1-3-10-28(18)19/h4-6,8-9,11-12,21H,1-3,7,10H2,(H,25,29). The van der Waals surface area contributed by atoms with E-state index < -0.39 is 18.3 Å². The number of carbonyl (C=O) groups excluding carboxylic acids is 1. The molecule has 0 radical (unpaired) electrons. The van der Waals surface area contributed by atoms with E-state index in [1.54, 1.807) is 0 Å². The zero-order valence-electron chi connectivity index (χ0n) is 15.9. The highest BCUT2D eigenvalue weighted by atomic mass is 19.3. The molecule has 1 aliphatic rings. The van der Waals surface area contributed by atoms with Gasteiger partial charge in [-0.05, 0) is 49.2 Å². The number of halogens is 3. The molecule has 2 aromatic carbocycles. The van der Waals surface area contributed by atoms with Gasteiger partial charge in [-0.2, -0.15) is 8.78 Å². The second-order valence-electron chi connectivity index (χ2n) is 6.96. The summed E-state index contributed by atoms with van der Waals surface area (Å²) in [6.07, 6.45) is 3.86. The van der Waals surface area contributed by atoms with Gasteiger partial charge in [0.15, 0.2) is 5.82 Å². The number of benzene rings is 2. The zero-order valence-corrected chi connectivity index (χ0v) is 15.9. The highest BCUT2D eigenvalue weighted by molar-refractivity contribution is 6.04. The minimum absolute atomic E-state index is 0.122. The monoisotopic (exact) mass is 416 g/mol. The maximum absolute atomic E-state index is 14.6. The van der Waals surface area contributed by atoms with Crippen molar-refractivity contribution in [3.8, 4) is 17.1 Å². The fourth-order valence-corrected chi connectivity index (χ4v) is 3.48. The van der Waals surface area contributed by atoms with Gasteiger partial charge < -0.3 is 14.6 Å². The van der Waals surface area contributed by atoms with Gasteiger partial charge in [0.25, 0.3) is 5.91 Å². The Morgan fingerprint density at radius 3 is 2.80 bits per heavy atom. The maximum Gasteiger partial charge on any atom is 0.387 e. The highest BCUT2D eigenvalue weighted by Crippen LogP contribution is 2.28. The van der Waals surface area contributed by atoms with Crippen molar-refractivity contribution in [2.45, 2.75) is 38.8 Å². The molecule has 0 saturated carbocycles. The normalized spacial score (nSPS) is 13.6. The quantitative estimate of drug-likeness (QED) is 0.657. The number of carbonyl (C=O) groups is 1. The summed E-state index contributed by atoms with van der Waals surface area (Å²) in [5.74, 6) is 0.121. The number of amides is 1. The Morgan fingerprint density at radius 2 is 1.97 bits per heavy atom. The fraction of sp³-hybridized carbons (Fsp3) is 0.286. The number of ether oxygens (including phenoxy) is 1. The van der Waals surface area contributed by atoms with Crippen LogP contribution in [0.1, 0.15) is 35.4 Å². The third-order valence-corrected chi connectivity index (χ3v) is 4.90. The molecule has 0 atom stereocenters. The summed E-state index contributed by atoms with van der Waals surface area (Å²) >= 11 is 0. The molecule has 156 valence electrons. The topological polar surface area (TPSA) is 69.0 Å². The van der Waals surface area contributed by atoms with Crippen LogP contribution in [0.15, 0.2) is 42.5 Å². The summed E-state index contributed by atoms with van der Waals surface area (Å²) in [7, 11) is 0. The van der Waals surface area contributed by atoms with E-state index in [2.05, 4.69) is 20.3 Å². The summed E-state index contributed by atoms with van der Waals surface area (Å²) in [4.78, 5) is 12.5. The van der Waals surface area contributed by atoms with Gasteiger partial charge in [0.2, 0.25) is 0 Å². The molecule has 3 aromatic rings. The first-order chi connectivity index (χ1) is 14.5. The van der Waals surface area contributed by atoms with Crippen molar-refractivity contribution in [1.29, 1.82) is 0 Å². The number of nitrogens with one attached hydrogen (secondary N) is 1. The number of fused-ring (bicyclic) bond motifs is 1. The molecule has 0 saturated heterocycles. The largest absolute Gasteiger partial charge is 0.435 e. The summed E-state index contributed by atoms with van der Waals surface area (Å²) in [6.45, 7) is -2.27. The lowest BCUT2D eigenvalue weighted by molar-refractivity contribution is -0.0498. The molecule has 9 heteroatoms. The van der Waals surface area contributed by atoms with E-state index >= 15 is 0 Å². The van der Waals surface area contributed by atoms with Gasteiger partial charge in [-0.1, -0.05) is 12.5 Å². The van der Waals surface area contributed by atoms with Crippen LogP contribution in [0.3, 0.4) is 0 Å². The Balaban J connectivity index is 1.59. The van der Waals surface area contributed by atoms with Gasteiger partial charge in [0.05, 0.1) is 5.56 Å². The van der Waals surface area contributed by atoms with Crippen LogP contribution in [0.4, 0.5) is 18.9 Å². The lowest BCUT2D eigenvalue weighted by Crippen LogP contribution is -2.13. The molecule has 0 unspecified atom stereocenters. The van der Waals surface area contributed by atoms with Crippen LogP contribution in [-0.4, -0.2) is 27.3 Å². The Bertz CT molecular complexity index is 1070. The van der Waals surface area contributed by atoms with Crippen LogP contribution in [0, 0.1) is 5.82 Å². The van der Waals surface area contributed by atoms with Crippen LogP contribution < -0.4 is 10.1 Å². The predicted octanol–water partition coefficient (Wildman–Crippen LogP) is 4.66. The fourth-order valence-electron chi connectivity index (χ4n) is 3.48. The molecule has 2 heterocycles. The molecule has 0 bridgehead atoms. The number of aromatic nitrogens is 3. The third-order valence-electron chi connectivity index (χ3n) is 4.90. The number of anilines is 1. The van der Waals surface area contributed by atoms with Crippen molar-refractivity contribution in [3.05, 3.63) is 59.7 Å². The lowest BCUT2D eigenvalue weighted by Gasteiger charge is -2.11. The maximum atomic E-state index is 14.6. The molecule has 1 aliphatic heterocycles. The SMILES string of the molecule is O=C(Nc1ccc(F)c(-c2nnc3n2CCCCC3)c1)c1cccc(OC(F)F)c1. The lowest BCUT2D eigenvalue weighted by atomic mass is 10.1. The molecule has 1 N–H and O–H groups in total. The van der Waals surface area contributed by atoms with Crippen LogP contribution in [0.25, 0.3) is 11.4 Å². The molecule has 1 aromatic heterocycles. The first-order valence-electron chi connectivity index (χ1n) is 9.59. The number of nitrogens with zero attached hydrogens (tertiary/aromatic N) is 3. The average Bonchev–Trinajstić information content (AvgIpc) is 2.96. The van der Waals surface area contributed by atoms with Gasteiger partial charge >= 0.3 is 6.61 Å². The molecule has 30 heavy (non-hydrogen) atoms. The summed E-state index contributed by atoms with van der Waals surface area (Å²) < 4.78 is 45.6. The number of aryl methyl sites for hydroxylation is 1. The predicted molar refractivity (Wildman–Crippen MR) is 104 cm³/mol. The number of hydrogen-bond donors (Lipinski definition) is 1. The number of hydrogen-bond acceptors (Lipinski definition) is 4. The van der Waals surface area contributed by atoms with E-state index in [4.69, 9.17) is 0 Å². The summed E-state index contributed by atoms with van der Waals surface area (Å²) in [5, 5.41) is 11.0. The van der Waals surface area contributed by atoms with E-state index in [-0.39, 0.29) is 16.9 Å². The smallest absolute Gasteiger partial charge is 0.387 e. The van der Waals surface area contributed by atoms with E-state index in [0.29, 0.717) is 18.1 Å². The van der Waals surface area contributed by atoms with Gasteiger partial charge in [-0.25, -0.2) is 4.39 Å². The van der Waals surface area contributed by atoms with Crippen molar-refractivity contribution in [3.63, 3.8) is 0 Å². The summed E-state index contributed by atoms with van der Waals surface area (Å²) in [6, 6.07) is 9.62. The van der Waals surface area contributed by atoms with Crippen LogP contribution in [0.2, 0.25) is 0 Å². The molecular formula is C21H19F3N4O2. The molecular weight excluding hydrogens is 397 g/mol. The van der Waals surface area contributed by atoms with Crippen molar-refractivity contribution in [1.82, 2.24) is 14.8 Å². The van der Waals surface area contributed by atoms with E-state index in [9.17, 15) is 18.0 Å². The van der Waals surface area contributed by atoms with Gasteiger partial charge in [0.1, 0.15) is 17.4 Å². The first kappa shape index (κ1) is 19.9. The molecule has 6 nitrogen and oxygen atoms in total. The summed E-state index contributed by atoms with van der Waals surface area (Å²) in [5.41, 5.74) is 0.723. The Labute approximate surface area is 170 Å². The molecule has 0 fully saturated rings. The zero-order chi connectivity index (χ0) is 21.1.